The molecule has 0 radical (unpaired) electrons. The molecular formula is C23H27FN4O4S. The highest BCUT2D eigenvalue weighted by Gasteiger charge is 2.22. The molecule has 3 rings (SSSR count). The van der Waals surface area contributed by atoms with E-state index in [1.807, 2.05) is 20.8 Å². The number of amides is 1. The molecule has 0 aliphatic rings. The van der Waals surface area contributed by atoms with Crippen LogP contribution in [0.25, 0.3) is 11.4 Å². The first-order valence-corrected chi connectivity index (χ1v) is 11.9. The van der Waals surface area contributed by atoms with Gasteiger partial charge in [0.1, 0.15) is 5.82 Å². The van der Waals surface area contributed by atoms with Crippen LogP contribution in [0.5, 0.6) is 0 Å². The number of benzene rings is 2. The smallest absolute Gasteiger partial charge is 0.242 e. The van der Waals surface area contributed by atoms with Gasteiger partial charge in [-0.1, -0.05) is 25.9 Å². The summed E-state index contributed by atoms with van der Waals surface area (Å²) in [5, 5.41) is 6.79. The van der Waals surface area contributed by atoms with E-state index in [0.29, 0.717) is 23.8 Å². The highest BCUT2D eigenvalue weighted by molar-refractivity contribution is 7.89. The highest BCUT2D eigenvalue weighted by Crippen LogP contribution is 2.24. The van der Waals surface area contributed by atoms with Gasteiger partial charge in [-0.15, -0.1) is 0 Å². The number of nitrogens with zero attached hydrogens (tertiary/aromatic N) is 3. The molecule has 1 N–H and O–H groups in total. The summed E-state index contributed by atoms with van der Waals surface area (Å²) >= 11 is 0. The molecule has 0 unspecified atom stereocenters. The fourth-order valence-corrected chi connectivity index (χ4v) is 4.15. The van der Waals surface area contributed by atoms with Crippen molar-refractivity contribution in [2.45, 2.75) is 43.9 Å². The van der Waals surface area contributed by atoms with Crippen molar-refractivity contribution in [2.75, 3.05) is 18.9 Å². The van der Waals surface area contributed by atoms with Crippen LogP contribution in [0, 0.1) is 5.82 Å². The summed E-state index contributed by atoms with van der Waals surface area (Å²) in [7, 11) is -2.31. The molecule has 0 aliphatic carbocycles. The molecule has 10 heteroatoms. The number of hydrogen-bond acceptors (Lipinski definition) is 6. The van der Waals surface area contributed by atoms with Crippen molar-refractivity contribution in [3.8, 4) is 11.4 Å². The zero-order valence-electron chi connectivity index (χ0n) is 19.0. The topological polar surface area (TPSA) is 105 Å². The maximum absolute atomic E-state index is 13.0. The number of halogens is 1. The molecule has 1 heterocycles. The lowest BCUT2D eigenvalue weighted by Crippen LogP contribution is -2.28. The van der Waals surface area contributed by atoms with Gasteiger partial charge in [0.15, 0.2) is 0 Å². The third-order valence-corrected chi connectivity index (χ3v) is 6.76. The largest absolute Gasteiger partial charge is 0.338 e. The summed E-state index contributed by atoms with van der Waals surface area (Å²) in [5.74, 6) is 0.280. The van der Waals surface area contributed by atoms with E-state index in [2.05, 4.69) is 15.5 Å². The molecule has 0 aliphatic heterocycles. The second-order valence-corrected chi connectivity index (χ2v) is 10.7. The molecule has 0 fully saturated rings. The Balaban J connectivity index is 1.50. The Morgan fingerprint density at radius 1 is 1.09 bits per heavy atom. The minimum atomic E-state index is -3.74. The number of aromatic nitrogens is 2. The first-order valence-electron chi connectivity index (χ1n) is 10.4. The fraction of sp³-hybridized carbons (Fsp3) is 0.348. The Hall–Kier alpha value is -3.11. The minimum Gasteiger partial charge on any atom is -0.338 e. The number of nitrogens with one attached hydrogen (secondary N) is 1. The van der Waals surface area contributed by atoms with Gasteiger partial charge < -0.3 is 9.84 Å². The minimum absolute atomic E-state index is 0.00663. The number of carbonyl (C=O) groups is 1. The number of carbonyl (C=O) groups excluding carboxylic acids is 1. The maximum atomic E-state index is 13.0. The van der Waals surface area contributed by atoms with Crippen LogP contribution in [0.15, 0.2) is 57.9 Å². The van der Waals surface area contributed by atoms with Crippen LogP contribution >= 0.6 is 0 Å². The monoisotopic (exact) mass is 474 g/mol. The zero-order chi connectivity index (χ0) is 24.2. The van der Waals surface area contributed by atoms with E-state index in [1.165, 1.54) is 19.2 Å². The third-order valence-electron chi connectivity index (χ3n) is 4.89. The standard InChI is InChI=1S/C23H27FN4O4S/c1-23(2,3)22-26-21(27-32-22)16-7-11-18(12-8-16)25-20(29)6-5-15-28(4)33(30,31)19-13-9-17(24)10-14-19/h7-14H,5-6,15H2,1-4H3,(H,25,29). The van der Waals surface area contributed by atoms with Crippen molar-refractivity contribution in [1.82, 2.24) is 14.4 Å². The van der Waals surface area contributed by atoms with Gasteiger partial charge in [-0.3, -0.25) is 4.79 Å². The molecule has 2 aromatic carbocycles. The number of sulfonamides is 1. The van der Waals surface area contributed by atoms with Crippen molar-refractivity contribution in [2.24, 2.45) is 0 Å². The van der Waals surface area contributed by atoms with E-state index in [1.54, 1.807) is 24.3 Å². The first kappa shape index (κ1) is 24.5. The average Bonchev–Trinajstić information content (AvgIpc) is 3.25. The molecule has 0 saturated heterocycles. The summed E-state index contributed by atoms with van der Waals surface area (Å²) in [4.78, 5) is 16.7. The Morgan fingerprint density at radius 2 is 1.73 bits per heavy atom. The number of hydrogen-bond donors (Lipinski definition) is 1. The van der Waals surface area contributed by atoms with E-state index in [9.17, 15) is 17.6 Å². The summed E-state index contributed by atoms with van der Waals surface area (Å²) < 4.78 is 44.5. The Morgan fingerprint density at radius 3 is 2.30 bits per heavy atom. The second-order valence-electron chi connectivity index (χ2n) is 8.68. The first-order chi connectivity index (χ1) is 15.5. The molecule has 0 spiro atoms. The molecule has 0 bridgehead atoms. The fourth-order valence-electron chi connectivity index (χ4n) is 2.94. The van der Waals surface area contributed by atoms with Gasteiger partial charge >= 0.3 is 0 Å². The van der Waals surface area contributed by atoms with Gasteiger partial charge in [-0.05, 0) is 55.0 Å². The van der Waals surface area contributed by atoms with Gasteiger partial charge in [-0.2, -0.15) is 4.98 Å². The molecular weight excluding hydrogens is 447 g/mol. The van der Waals surface area contributed by atoms with Crippen molar-refractivity contribution in [1.29, 1.82) is 0 Å². The van der Waals surface area contributed by atoms with E-state index in [0.717, 1.165) is 22.0 Å². The molecule has 0 saturated carbocycles. The van der Waals surface area contributed by atoms with E-state index >= 15 is 0 Å². The van der Waals surface area contributed by atoms with Gasteiger partial charge in [0.05, 0.1) is 4.90 Å². The quantitative estimate of drug-likeness (QED) is 0.524. The lowest BCUT2D eigenvalue weighted by molar-refractivity contribution is -0.116. The van der Waals surface area contributed by atoms with E-state index in [4.69, 9.17) is 4.52 Å². The van der Waals surface area contributed by atoms with Crippen LogP contribution in [-0.2, 0) is 20.2 Å². The van der Waals surface area contributed by atoms with Crippen LogP contribution < -0.4 is 5.32 Å². The highest BCUT2D eigenvalue weighted by atomic mass is 32.2. The van der Waals surface area contributed by atoms with Gasteiger partial charge in [0.2, 0.25) is 27.6 Å². The van der Waals surface area contributed by atoms with E-state index < -0.39 is 15.8 Å². The Kier molecular flexibility index (Phi) is 7.28. The predicted molar refractivity (Wildman–Crippen MR) is 123 cm³/mol. The SMILES string of the molecule is CN(CCCC(=O)Nc1ccc(-c2noc(C(C)(C)C)n2)cc1)S(=O)(=O)c1ccc(F)cc1. The number of rotatable bonds is 8. The molecule has 1 aromatic heterocycles. The number of anilines is 1. The van der Waals surface area contributed by atoms with Crippen LogP contribution in [0.2, 0.25) is 0 Å². The van der Waals surface area contributed by atoms with Crippen LogP contribution in [0.1, 0.15) is 39.5 Å². The van der Waals surface area contributed by atoms with Crippen molar-refractivity contribution >= 4 is 21.6 Å². The Labute approximate surface area is 192 Å². The van der Waals surface area contributed by atoms with Crippen LogP contribution in [-0.4, -0.2) is 42.4 Å². The maximum Gasteiger partial charge on any atom is 0.242 e. The average molecular weight is 475 g/mol. The Bertz CT molecular complexity index is 1200. The summed E-state index contributed by atoms with van der Waals surface area (Å²) in [5.41, 5.74) is 1.13. The van der Waals surface area contributed by atoms with Crippen LogP contribution in [0.4, 0.5) is 10.1 Å². The van der Waals surface area contributed by atoms with Crippen LogP contribution in [0.3, 0.4) is 0 Å². The predicted octanol–water partition coefficient (Wildman–Crippen LogP) is 4.21. The molecule has 0 atom stereocenters. The summed E-state index contributed by atoms with van der Waals surface area (Å²) in [6.45, 7) is 6.11. The lowest BCUT2D eigenvalue weighted by Gasteiger charge is -2.17. The molecule has 1 amide bonds. The third kappa shape index (κ3) is 6.23. The molecule has 3 aromatic rings. The normalized spacial score (nSPS) is 12.2. The van der Waals surface area contributed by atoms with Gasteiger partial charge in [-0.25, -0.2) is 17.1 Å². The summed E-state index contributed by atoms with van der Waals surface area (Å²) in [6.07, 6.45) is 0.476. The van der Waals surface area contributed by atoms with Crippen molar-refractivity contribution in [3.63, 3.8) is 0 Å². The lowest BCUT2D eigenvalue weighted by atomic mass is 9.97. The zero-order valence-corrected chi connectivity index (χ0v) is 19.8. The van der Waals surface area contributed by atoms with E-state index in [-0.39, 0.29) is 29.2 Å². The molecule has 33 heavy (non-hydrogen) atoms. The molecule has 8 nitrogen and oxygen atoms in total. The van der Waals surface area contributed by atoms with Gasteiger partial charge in [0, 0.05) is 36.7 Å². The van der Waals surface area contributed by atoms with Gasteiger partial charge in [0.25, 0.3) is 0 Å². The van der Waals surface area contributed by atoms with Crippen molar-refractivity contribution < 1.29 is 22.1 Å². The second kappa shape index (κ2) is 9.80. The summed E-state index contributed by atoms with van der Waals surface area (Å²) in [6, 6.07) is 11.7. The van der Waals surface area contributed by atoms with Crippen molar-refractivity contribution in [3.05, 3.63) is 60.2 Å². The molecule has 176 valence electrons.